The van der Waals surface area contributed by atoms with Gasteiger partial charge in [-0.15, -0.1) is 0 Å². The van der Waals surface area contributed by atoms with Gasteiger partial charge >= 0.3 is 6.03 Å². The Balaban J connectivity index is 1.60. The van der Waals surface area contributed by atoms with E-state index in [1.54, 1.807) is 12.4 Å². The third kappa shape index (κ3) is 3.18. The number of benzene rings is 1. The molecule has 1 aromatic heterocycles. The fourth-order valence-corrected chi connectivity index (χ4v) is 2.58. The summed E-state index contributed by atoms with van der Waals surface area (Å²) >= 11 is 0. The van der Waals surface area contributed by atoms with Crippen molar-refractivity contribution in [3.8, 4) is 0 Å². The maximum absolute atomic E-state index is 12.0. The van der Waals surface area contributed by atoms with Crippen molar-refractivity contribution in [1.29, 1.82) is 0 Å². The average molecular weight is 282 g/mol. The fourth-order valence-electron chi connectivity index (χ4n) is 2.58. The van der Waals surface area contributed by atoms with Gasteiger partial charge in [0.25, 0.3) is 0 Å². The number of nitrogens with zero attached hydrogens (tertiary/aromatic N) is 2. The standard InChI is InChI=1S/C16H18N4O/c1-11-8-18-13(9-17-11)10-19-16(21)20-15-7-3-5-12-4-2-6-14(12)15/h3,5,7-9H,2,4,6,10H2,1H3,(H2,19,20,21). The minimum Gasteiger partial charge on any atom is -0.332 e. The first-order chi connectivity index (χ1) is 10.2. The van der Waals surface area contributed by atoms with Crippen LogP contribution in [-0.2, 0) is 19.4 Å². The summed E-state index contributed by atoms with van der Waals surface area (Å²) in [5, 5.41) is 5.73. The second-order valence-electron chi connectivity index (χ2n) is 5.25. The maximum Gasteiger partial charge on any atom is 0.319 e. The molecule has 0 fully saturated rings. The zero-order valence-corrected chi connectivity index (χ0v) is 12.0. The quantitative estimate of drug-likeness (QED) is 0.909. The summed E-state index contributed by atoms with van der Waals surface area (Å²) in [5.74, 6) is 0. The van der Waals surface area contributed by atoms with Crippen LogP contribution in [0.3, 0.4) is 0 Å². The summed E-state index contributed by atoms with van der Waals surface area (Å²) in [7, 11) is 0. The van der Waals surface area contributed by atoms with Gasteiger partial charge in [0.15, 0.2) is 0 Å². The van der Waals surface area contributed by atoms with Crippen LogP contribution in [0.15, 0.2) is 30.6 Å². The predicted molar refractivity (Wildman–Crippen MR) is 81.1 cm³/mol. The molecular weight excluding hydrogens is 264 g/mol. The van der Waals surface area contributed by atoms with Crippen molar-refractivity contribution in [2.24, 2.45) is 0 Å². The van der Waals surface area contributed by atoms with Gasteiger partial charge in [0.1, 0.15) is 0 Å². The fraction of sp³-hybridized carbons (Fsp3) is 0.312. The number of carbonyl (C=O) groups is 1. The van der Waals surface area contributed by atoms with E-state index in [0.717, 1.165) is 36.3 Å². The molecule has 0 radical (unpaired) electrons. The summed E-state index contributed by atoms with van der Waals surface area (Å²) in [6.07, 6.45) is 6.67. The van der Waals surface area contributed by atoms with Crippen molar-refractivity contribution in [3.05, 3.63) is 53.1 Å². The number of aromatic nitrogens is 2. The Bertz CT molecular complexity index is 652. The Morgan fingerprint density at radius 3 is 2.95 bits per heavy atom. The average Bonchev–Trinajstić information content (AvgIpc) is 2.96. The van der Waals surface area contributed by atoms with Crippen LogP contribution >= 0.6 is 0 Å². The number of rotatable bonds is 3. The number of amides is 2. The minimum atomic E-state index is -0.210. The van der Waals surface area contributed by atoms with Crippen molar-refractivity contribution in [2.75, 3.05) is 5.32 Å². The zero-order chi connectivity index (χ0) is 14.7. The molecule has 3 rings (SSSR count). The van der Waals surface area contributed by atoms with Gasteiger partial charge in [-0.25, -0.2) is 4.79 Å². The molecule has 21 heavy (non-hydrogen) atoms. The van der Waals surface area contributed by atoms with Gasteiger partial charge in [0.05, 0.1) is 24.1 Å². The van der Waals surface area contributed by atoms with Gasteiger partial charge in [-0.3, -0.25) is 9.97 Å². The largest absolute Gasteiger partial charge is 0.332 e. The topological polar surface area (TPSA) is 66.9 Å². The molecule has 2 amide bonds. The molecular formula is C16H18N4O. The lowest BCUT2D eigenvalue weighted by molar-refractivity contribution is 0.251. The Morgan fingerprint density at radius 2 is 2.14 bits per heavy atom. The first-order valence-electron chi connectivity index (χ1n) is 7.15. The normalized spacial score (nSPS) is 12.8. The van der Waals surface area contributed by atoms with Crippen LogP contribution in [-0.4, -0.2) is 16.0 Å². The van der Waals surface area contributed by atoms with E-state index >= 15 is 0 Å². The van der Waals surface area contributed by atoms with Crippen molar-refractivity contribution in [2.45, 2.75) is 32.7 Å². The number of hydrogen-bond donors (Lipinski definition) is 2. The van der Waals surface area contributed by atoms with Gasteiger partial charge in [-0.2, -0.15) is 0 Å². The van der Waals surface area contributed by atoms with Crippen LogP contribution < -0.4 is 10.6 Å². The molecule has 1 aliphatic rings. The molecule has 5 nitrogen and oxygen atoms in total. The van der Waals surface area contributed by atoms with Crippen LogP contribution in [0.5, 0.6) is 0 Å². The smallest absolute Gasteiger partial charge is 0.319 e. The van der Waals surface area contributed by atoms with Crippen LogP contribution in [0.25, 0.3) is 0 Å². The van der Waals surface area contributed by atoms with Crippen molar-refractivity contribution < 1.29 is 4.79 Å². The summed E-state index contributed by atoms with van der Waals surface area (Å²) in [4.78, 5) is 20.3. The van der Waals surface area contributed by atoms with E-state index in [1.807, 2.05) is 19.1 Å². The Kier molecular flexibility index (Phi) is 3.81. The monoisotopic (exact) mass is 282 g/mol. The van der Waals surface area contributed by atoms with Crippen LogP contribution in [0.1, 0.15) is 28.9 Å². The van der Waals surface area contributed by atoms with E-state index in [9.17, 15) is 4.79 Å². The van der Waals surface area contributed by atoms with Crippen LogP contribution in [0.2, 0.25) is 0 Å². The highest BCUT2D eigenvalue weighted by Crippen LogP contribution is 2.28. The first kappa shape index (κ1) is 13.5. The molecule has 1 aliphatic carbocycles. The number of carbonyl (C=O) groups excluding carboxylic acids is 1. The third-order valence-corrected chi connectivity index (χ3v) is 3.66. The molecule has 0 saturated heterocycles. The van der Waals surface area contributed by atoms with Gasteiger partial charge in [-0.05, 0) is 43.4 Å². The SMILES string of the molecule is Cc1cnc(CNC(=O)Nc2cccc3c2CCC3)cn1. The Hall–Kier alpha value is -2.43. The molecule has 0 atom stereocenters. The molecule has 0 unspecified atom stereocenters. The summed E-state index contributed by atoms with van der Waals surface area (Å²) < 4.78 is 0. The molecule has 0 saturated carbocycles. The lowest BCUT2D eigenvalue weighted by Crippen LogP contribution is -2.29. The number of hydrogen-bond acceptors (Lipinski definition) is 3. The molecule has 108 valence electrons. The first-order valence-corrected chi connectivity index (χ1v) is 7.15. The molecule has 0 spiro atoms. The zero-order valence-electron chi connectivity index (χ0n) is 12.0. The van der Waals surface area contributed by atoms with Crippen LogP contribution in [0, 0.1) is 6.92 Å². The van der Waals surface area contributed by atoms with Crippen LogP contribution in [0.4, 0.5) is 10.5 Å². The van der Waals surface area contributed by atoms with Gasteiger partial charge < -0.3 is 10.6 Å². The molecule has 5 heteroatoms. The van der Waals surface area contributed by atoms with Gasteiger partial charge in [-0.1, -0.05) is 12.1 Å². The molecule has 2 N–H and O–H groups in total. The van der Waals surface area contributed by atoms with Gasteiger partial charge in [0, 0.05) is 11.9 Å². The number of nitrogens with one attached hydrogen (secondary N) is 2. The Labute approximate surface area is 123 Å². The number of aryl methyl sites for hydroxylation is 2. The summed E-state index contributed by atoms with van der Waals surface area (Å²) in [6, 6.07) is 5.87. The van der Waals surface area contributed by atoms with Crippen molar-refractivity contribution >= 4 is 11.7 Å². The number of urea groups is 1. The maximum atomic E-state index is 12.0. The lowest BCUT2D eigenvalue weighted by atomic mass is 10.1. The van der Waals surface area contributed by atoms with Crippen molar-refractivity contribution in [1.82, 2.24) is 15.3 Å². The summed E-state index contributed by atoms with van der Waals surface area (Å²) in [5.41, 5.74) is 5.13. The van der Waals surface area contributed by atoms with Gasteiger partial charge in [0.2, 0.25) is 0 Å². The van der Waals surface area contributed by atoms with E-state index in [2.05, 4.69) is 26.7 Å². The molecule has 0 aliphatic heterocycles. The minimum absolute atomic E-state index is 0.210. The van der Waals surface area contributed by atoms with E-state index in [4.69, 9.17) is 0 Å². The van der Waals surface area contributed by atoms with E-state index in [0.29, 0.717) is 6.54 Å². The predicted octanol–water partition coefficient (Wildman–Crippen LogP) is 2.60. The highest BCUT2D eigenvalue weighted by molar-refractivity contribution is 5.90. The van der Waals surface area contributed by atoms with Crippen molar-refractivity contribution in [3.63, 3.8) is 0 Å². The molecule has 1 aromatic carbocycles. The Morgan fingerprint density at radius 1 is 1.24 bits per heavy atom. The molecule has 2 aromatic rings. The number of anilines is 1. The second kappa shape index (κ2) is 5.91. The van der Waals surface area contributed by atoms with E-state index in [-0.39, 0.29) is 6.03 Å². The summed E-state index contributed by atoms with van der Waals surface area (Å²) in [6.45, 7) is 2.25. The molecule has 1 heterocycles. The third-order valence-electron chi connectivity index (χ3n) is 3.66. The lowest BCUT2D eigenvalue weighted by Gasteiger charge is -2.11. The van der Waals surface area contributed by atoms with E-state index in [1.165, 1.54) is 11.1 Å². The highest BCUT2D eigenvalue weighted by Gasteiger charge is 2.15. The second-order valence-corrected chi connectivity index (χ2v) is 5.25. The highest BCUT2D eigenvalue weighted by atomic mass is 16.2. The molecule has 0 bridgehead atoms. The van der Waals surface area contributed by atoms with E-state index < -0.39 is 0 Å². The number of fused-ring (bicyclic) bond motifs is 1.